The van der Waals surface area contributed by atoms with Gasteiger partial charge in [-0.05, 0) is 24.3 Å². The van der Waals surface area contributed by atoms with Crippen LogP contribution in [0.5, 0.6) is 0 Å². The first kappa shape index (κ1) is 16.2. The molecule has 0 saturated heterocycles. The van der Waals surface area contributed by atoms with Crippen molar-refractivity contribution in [3.05, 3.63) is 60.4 Å². The van der Waals surface area contributed by atoms with E-state index in [-0.39, 0.29) is 17.5 Å². The minimum atomic E-state index is -0.370. The van der Waals surface area contributed by atoms with Gasteiger partial charge in [0.2, 0.25) is 5.91 Å². The number of nitrogens with zero attached hydrogens (tertiary/aromatic N) is 3. The second-order valence-corrected chi connectivity index (χ2v) is 5.86. The zero-order valence-electron chi connectivity index (χ0n) is 12.9. The lowest BCUT2D eigenvalue weighted by Gasteiger charge is -2.10. The lowest BCUT2D eigenvalue weighted by atomic mass is 10.2. The van der Waals surface area contributed by atoms with E-state index in [4.69, 9.17) is 0 Å². The summed E-state index contributed by atoms with van der Waals surface area (Å²) in [5, 5.41) is 11.4. The number of halogens is 1. The van der Waals surface area contributed by atoms with Gasteiger partial charge in [0.1, 0.15) is 5.82 Å². The number of nitrogens with one attached hydrogen (secondary N) is 1. The van der Waals surface area contributed by atoms with Crippen molar-refractivity contribution in [3.8, 4) is 17.1 Å². The molecular formula is C17H15FN4OS. The molecule has 0 aliphatic carbocycles. The minimum absolute atomic E-state index is 0.116. The summed E-state index contributed by atoms with van der Waals surface area (Å²) in [6, 6.07) is 15.9. The number of carbonyl (C=O) groups excluding carboxylic acids is 1. The van der Waals surface area contributed by atoms with Crippen LogP contribution in [0.3, 0.4) is 0 Å². The maximum absolute atomic E-state index is 14.2. The van der Waals surface area contributed by atoms with Gasteiger partial charge in [0.15, 0.2) is 11.0 Å². The summed E-state index contributed by atoms with van der Waals surface area (Å²) in [6.07, 6.45) is 0. The molecule has 0 saturated carbocycles. The number of hydrogen-bond acceptors (Lipinski definition) is 4. The summed E-state index contributed by atoms with van der Waals surface area (Å²) < 4.78 is 16.0. The fraction of sp³-hybridized carbons (Fsp3) is 0.118. The van der Waals surface area contributed by atoms with Crippen LogP contribution >= 0.6 is 11.8 Å². The van der Waals surface area contributed by atoms with E-state index in [2.05, 4.69) is 15.5 Å². The Morgan fingerprint density at radius 1 is 1.12 bits per heavy atom. The molecule has 5 nitrogen and oxygen atoms in total. The highest BCUT2D eigenvalue weighted by Gasteiger charge is 2.19. The van der Waals surface area contributed by atoms with Crippen molar-refractivity contribution in [2.24, 2.45) is 0 Å². The van der Waals surface area contributed by atoms with Gasteiger partial charge in [0, 0.05) is 12.7 Å². The van der Waals surface area contributed by atoms with Gasteiger partial charge in [-0.25, -0.2) is 4.39 Å². The molecule has 2 aromatic carbocycles. The summed E-state index contributed by atoms with van der Waals surface area (Å²) in [5.41, 5.74) is 1.17. The molecule has 1 aromatic heterocycles. The maximum atomic E-state index is 14.2. The molecule has 24 heavy (non-hydrogen) atoms. The number of amides is 1. The summed E-state index contributed by atoms with van der Waals surface area (Å²) >= 11 is 1.25. The molecule has 0 radical (unpaired) electrons. The maximum Gasteiger partial charge on any atom is 0.230 e. The van der Waals surface area contributed by atoms with Crippen LogP contribution in [0.2, 0.25) is 0 Å². The normalized spacial score (nSPS) is 10.6. The van der Waals surface area contributed by atoms with Gasteiger partial charge < -0.3 is 5.32 Å². The standard InChI is InChI=1S/C17H15FN4OS/c1-19-15(23)11-24-17-21-20-16(13-9-5-6-10-14(13)18)22(17)12-7-3-2-4-8-12/h2-10H,11H2,1H3,(H,19,23). The van der Waals surface area contributed by atoms with E-state index in [0.29, 0.717) is 16.5 Å². The third-order valence-electron chi connectivity index (χ3n) is 3.37. The first-order chi connectivity index (χ1) is 11.7. The van der Waals surface area contributed by atoms with Crippen molar-refractivity contribution in [3.63, 3.8) is 0 Å². The fourth-order valence-electron chi connectivity index (χ4n) is 2.19. The number of thioether (sulfide) groups is 1. The number of hydrogen-bond donors (Lipinski definition) is 1. The highest BCUT2D eigenvalue weighted by Crippen LogP contribution is 2.29. The molecule has 7 heteroatoms. The van der Waals surface area contributed by atoms with E-state index in [1.165, 1.54) is 17.8 Å². The lowest BCUT2D eigenvalue weighted by Crippen LogP contribution is -2.20. The van der Waals surface area contributed by atoms with Gasteiger partial charge in [-0.3, -0.25) is 9.36 Å². The molecule has 1 heterocycles. The smallest absolute Gasteiger partial charge is 0.230 e. The molecule has 1 N–H and O–H groups in total. The topological polar surface area (TPSA) is 59.8 Å². The Balaban J connectivity index is 2.08. The molecule has 0 aliphatic heterocycles. The van der Waals surface area contributed by atoms with Crippen LogP contribution < -0.4 is 5.32 Å². The van der Waals surface area contributed by atoms with Crippen molar-refractivity contribution in [1.29, 1.82) is 0 Å². The summed E-state index contributed by atoms with van der Waals surface area (Å²) in [4.78, 5) is 11.5. The molecular weight excluding hydrogens is 327 g/mol. The molecule has 0 bridgehead atoms. The third-order valence-corrected chi connectivity index (χ3v) is 4.30. The molecule has 3 rings (SSSR count). The minimum Gasteiger partial charge on any atom is -0.358 e. The highest BCUT2D eigenvalue weighted by atomic mass is 32.2. The lowest BCUT2D eigenvalue weighted by molar-refractivity contribution is -0.118. The summed E-state index contributed by atoms with van der Waals surface area (Å²) in [6.45, 7) is 0. The van der Waals surface area contributed by atoms with Crippen LogP contribution in [0, 0.1) is 5.82 Å². The molecule has 0 fully saturated rings. The van der Waals surface area contributed by atoms with E-state index in [9.17, 15) is 9.18 Å². The van der Waals surface area contributed by atoms with Crippen LogP contribution in [0.4, 0.5) is 4.39 Å². The second kappa shape index (κ2) is 7.27. The largest absolute Gasteiger partial charge is 0.358 e. The van der Waals surface area contributed by atoms with Gasteiger partial charge >= 0.3 is 0 Å². The van der Waals surface area contributed by atoms with Gasteiger partial charge in [-0.1, -0.05) is 42.1 Å². The van der Waals surface area contributed by atoms with Gasteiger partial charge in [-0.2, -0.15) is 0 Å². The van der Waals surface area contributed by atoms with Crippen molar-refractivity contribution < 1.29 is 9.18 Å². The van der Waals surface area contributed by atoms with Crippen LogP contribution in [0.15, 0.2) is 59.8 Å². The van der Waals surface area contributed by atoms with E-state index in [1.807, 2.05) is 30.3 Å². The zero-order valence-corrected chi connectivity index (χ0v) is 13.8. The average molecular weight is 342 g/mol. The number of aromatic nitrogens is 3. The summed E-state index contributed by atoms with van der Waals surface area (Å²) in [7, 11) is 1.58. The number of benzene rings is 2. The van der Waals surface area contributed by atoms with Gasteiger partial charge in [0.25, 0.3) is 0 Å². The quantitative estimate of drug-likeness (QED) is 0.724. The zero-order chi connectivity index (χ0) is 16.9. The van der Waals surface area contributed by atoms with Crippen LogP contribution in [0.1, 0.15) is 0 Å². The van der Waals surface area contributed by atoms with Crippen molar-refractivity contribution in [2.75, 3.05) is 12.8 Å². The van der Waals surface area contributed by atoms with Crippen molar-refractivity contribution in [1.82, 2.24) is 20.1 Å². The first-order valence-corrected chi connectivity index (χ1v) is 8.28. The molecule has 0 spiro atoms. The van der Waals surface area contributed by atoms with E-state index >= 15 is 0 Å². The Morgan fingerprint density at radius 2 is 1.83 bits per heavy atom. The SMILES string of the molecule is CNC(=O)CSc1nnc(-c2ccccc2F)n1-c1ccccc1. The number of para-hydroxylation sites is 1. The highest BCUT2D eigenvalue weighted by molar-refractivity contribution is 7.99. The van der Waals surface area contributed by atoms with Crippen LogP contribution in [-0.4, -0.2) is 33.5 Å². The molecule has 0 unspecified atom stereocenters. The Kier molecular flexibility index (Phi) is 4.90. The predicted molar refractivity (Wildman–Crippen MR) is 91.5 cm³/mol. The van der Waals surface area contributed by atoms with Crippen LogP contribution in [-0.2, 0) is 4.79 Å². The van der Waals surface area contributed by atoms with E-state index in [0.717, 1.165) is 5.69 Å². The predicted octanol–water partition coefficient (Wildman–Crippen LogP) is 2.91. The monoisotopic (exact) mass is 342 g/mol. The van der Waals surface area contributed by atoms with E-state index in [1.54, 1.807) is 29.8 Å². The summed E-state index contributed by atoms with van der Waals surface area (Å²) in [5.74, 6) is 0.123. The van der Waals surface area contributed by atoms with Crippen molar-refractivity contribution >= 4 is 17.7 Å². The van der Waals surface area contributed by atoms with Crippen molar-refractivity contribution in [2.45, 2.75) is 5.16 Å². The van der Waals surface area contributed by atoms with E-state index < -0.39 is 0 Å². The number of carbonyl (C=O) groups is 1. The molecule has 1 amide bonds. The molecule has 122 valence electrons. The molecule has 0 aliphatic rings. The van der Waals surface area contributed by atoms with Crippen LogP contribution in [0.25, 0.3) is 17.1 Å². The number of rotatable bonds is 5. The average Bonchev–Trinajstić information content (AvgIpc) is 3.04. The molecule has 3 aromatic rings. The van der Waals surface area contributed by atoms with Gasteiger partial charge in [0.05, 0.1) is 11.3 Å². The fourth-order valence-corrected chi connectivity index (χ4v) is 3.02. The Bertz CT molecular complexity index is 851. The Morgan fingerprint density at radius 3 is 2.54 bits per heavy atom. The molecule has 0 atom stereocenters. The Labute approximate surface area is 142 Å². The van der Waals surface area contributed by atoms with Gasteiger partial charge in [-0.15, -0.1) is 10.2 Å². The third kappa shape index (κ3) is 3.30. The second-order valence-electron chi connectivity index (χ2n) is 4.92. The Hall–Kier alpha value is -2.67. The first-order valence-electron chi connectivity index (χ1n) is 7.30.